The molecule has 1 aromatic heterocycles. The molecule has 2 aromatic rings. The van der Waals surface area contributed by atoms with Gasteiger partial charge in [0.1, 0.15) is 0 Å². The SMILES string of the molecule is CCCc1ccc([C@H](C)NC(=O)CN2CCc3c(c(CO)nn3C)C2)cc1. The molecule has 0 saturated carbocycles. The van der Waals surface area contributed by atoms with Crippen LogP contribution in [0.1, 0.15) is 54.4 Å². The van der Waals surface area contributed by atoms with Gasteiger partial charge in [-0.1, -0.05) is 37.6 Å². The number of nitrogens with zero attached hydrogens (tertiary/aromatic N) is 3. The fraction of sp³-hybridized carbons (Fsp3) is 0.524. The van der Waals surface area contributed by atoms with Crippen molar-refractivity contribution in [1.82, 2.24) is 20.0 Å². The van der Waals surface area contributed by atoms with E-state index in [1.165, 1.54) is 5.56 Å². The molecule has 2 heterocycles. The molecule has 3 rings (SSSR count). The molecule has 0 bridgehead atoms. The first-order chi connectivity index (χ1) is 13.0. The first kappa shape index (κ1) is 19.6. The Labute approximate surface area is 161 Å². The largest absolute Gasteiger partial charge is 0.390 e. The molecule has 1 atom stereocenters. The van der Waals surface area contributed by atoms with E-state index in [9.17, 15) is 9.90 Å². The lowest BCUT2D eigenvalue weighted by molar-refractivity contribution is -0.123. The van der Waals surface area contributed by atoms with Gasteiger partial charge in [0.15, 0.2) is 0 Å². The fourth-order valence-corrected chi connectivity index (χ4v) is 3.82. The summed E-state index contributed by atoms with van der Waals surface area (Å²) >= 11 is 0. The van der Waals surface area contributed by atoms with Crippen LogP contribution in [0.3, 0.4) is 0 Å². The molecule has 2 N–H and O–H groups in total. The summed E-state index contributed by atoms with van der Waals surface area (Å²) in [7, 11) is 1.91. The number of carbonyl (C=O) groups excluding carboxylic acids is 1. The Bertz CT molecular complexity index is 782. The van der Waals surface area contributed by atoms with E-state index in [4.69, 9.17) is 0 Å². The minimum atomic E-state index is -0.0612. The Hall–Kier alpha value is -2.18. The normalized spacial score (nSPS) is 15.4. The lowest BCUT2D eigenvalue weighted by Crippen LogP contribution is -2.40. The predicted octanol–water partition coefficient (Wildman–Crippen LogP) is 2.10. The number of fused-ring (bicyclic) bond motifs is 1. The molecule has 1 aliphatic heterocycles. The van der Waals surface area contributed by atoms with Crippen LogP contribution in [0.25, 0.3) is 0 Å². The number of aromatic nitrogens is 2. The Balaban J connectivity index is 1.56. The van der Waals surface area contributed by atoms with Crippen LogP contribution >= 0.6 is 0 Å². The molecule has 146 valence electrons. The Kier molecular flexibility index (Phi) is 6.29. The van der Waals surface area contributed by atoms with Gasteiger partial charge >= 0.3 is 0 Å². The summed E-state index contributed by atoms with van der Waals surface area (Å²) in [4.78, 5) is 14.6. The quantitative estimate of drug-likeness (QED) is 0.783. The molecule has 1 aliphatic rings. The van der Waals surface area contributed by atoms with Crippen molar-refractivity contribution < 1.29 is 9.90 Å². The molecule has 0 saturated heterocycles. The van der Waals surface area contributed by atoms with Gasteiger partial charge in [0.25, 0.3) is 0 Å². The smallest absolute Gasteiger partial charge is 0.234 e. The number of carbonyl (C=O) groups is 1. The highest BCUT2D eigenvalue weighted by Crippen LogP contribution is 2.22. The van der Waals surface area contributed by atoms with E-state index in [-0.39, 0.29) is 18.6 Å². The van der Waals surface area contributed by atoms with Crippen molar-refractivity contribution in [3.8, 4) is 0 Å². The van der Waals surface area contributed by atoms with Gasteiger partial charge in [-0.15, -0.1) is 0 Å². The van der Waals surface area contributed by atoms with Crippen molar-refractivity contribution in [2.75, 3.05) is 13.1 Å². The molecule has 27 heavy (non-hydrogen) atoms. The van der Waals surface area contributed by atoms with Crippen molar-refractivity contribution >= 4 is 5.91 Å². The number of nitrogens with one attached hydrogen (secondary N) is 1. The summed E-state index contributed by atoms with van der Waals surface area (Å²) in [5.74, 6) is 0.0259. The molecule has 6 heteroatoms. The summed E-state index contributed by atoms with van der Waals surface area (Å²) in [6, 6.07) is 8.48. The number of hydrogen-bond acceptors (Lipinski definition) is 4. The highest BCUT2D eigenvalue weighted by molar-refractivity contribution is 5.78. The highest BCUT2D eigenvalue weighted by Gasteiger charge is 2.25. The van der Waals surface area contributed by atoms with Crippen LogP contribution in [0, 0.1) is 0 Å². The van der Waals surface area contributed by atoms with E-state index in [1.54, 1.807) is 0 Å². The maximum absolute atomic E-state index is 12.5. The highest BCUT2D eigenvalue weighted by atomic mass is 16.3. The van der Waals surface area contributed by atoms with Crippen LogP contribution in [0.2, 0.25) is 0 Å². The zero-order chi connectivity index (χ0) is 19.4. The van der Waals surface area contributed by atoms with Crippen LogP contribution in [-0.4, -0.2) is 38.8 Å². The summed E-state index contributed by atoms with van der Waals surface area (Å²) < 4.78 is 1.85. The molecule has 0 fully saturated rings. The van der Waals surface area contributed by atoms with Crippen LogP contribution in [0.4, 0.5) is 0 Å². The standard InChI is InChI=1S/C21H30N4O2/c1-4-5-16-6-8-17(9-7-16)15(2)22-21(27)13-25-11-10-20-18(12-25)19(14-26)23-24(20)3/h6-9,15,26H,4-5,10-14H2,1-3H3,(H,22,27)/t15-/m0/s1. The van der Waals surface area contributed by atoms with Gasteiger partial charge in [0.05, 0.1) is 24.9 Å². The lowest BCUT2D eigenvalue weighted by Gasteiger charge is -2.27. The number of aliphatic hydroxyl groups is 1. The first-order valence-corrected chi connectivity index (χ1v) is 9.76. The van der Waals surface area contributed by atoms with E-state index in [2.05, 4.69) is 46.5 Å². The Morgan fingerprint density at radius 2 is 2.07 bits per heavy atom. The molecule has 1 amide bonds. The molecular formula is C21H30N4O2. The summed E-state index contributed by atoms with van der Waals surface area (Å²) in [6.07, 6.45) is 3.07. The molecule has 0 radical (unpaired) electrons. The Morgan fingerprint density at radius 3 is 2.74 bits per heavy atom. The van der Waals surface area contributed by atoms with E-state index >= 15 is 0 Å². The molecular weight excluding hydrogens is 340 g/mol. The number of benzene rings is 1. The van der Waals surface area contributed by atoms with E-state index in [0.717, 1.165) is 48.3 Å². The van der Waals surface area contributed by atoms with Crippen molar-refractivity contribution in [2.24, 2.45) is 7.05 Å². The van der Waals surface area contributed by atoms with Crippen LogP contribution in [0.15, 0.2) is 24.3 Å². The van der Waals surface area contributed by atoms with E-state index in [1.807, 2.05) is 18.7 Å². The van der Waals surface area contributed by atoms with Gasteiger partial charge in [-0.05, 0) is 24.5 Å². The number of rotatable bonds is 7. The number of amides is 1. The second-order valence-corrected chi connectivity index (χ2v) is 7.40. The lowest BCUT2D eigenvalue weighted by atomic mass is 10.0. The summed E-state index contributed by atoms with van der Waals surface area (Å²) in [5.41, 5.74) is 5.41. The van der Waals surface area contributed by atoms with Crippen molar-refractivity contribution in [2.45, 2.75) is 52.3 Å². The van der Waals surface area contributed by atoms with Crippen LogP contribution in [0.5, 0.6) is 0 Å². The number of aliphatic hydroxyl groups excluding tert-OH is 1. The number of aryl methyl sites for hydroxylation is 2. The zero-order valence-electron chi connectivity index (χ0n) is 16.5. The second-order valence-electron chi connectivity index (χ2n) is 7.40. The third kappa shape index (κ3) is 4.57. The van der Waals surface area contributed by atoms with Crippen molar-refractivity contribution in [3.63, 3.8) is 0 Å². The molecule has 0 aliphatic carbocycles. The third-order valence-electron chi connectivity index (χ3n) is 5.32. The van der Waals surface area contributed by atoms with Gasteiger partial charge in [-0.3, -0.25) is 14.4 Å². The third-order valence-corrected chi connectivity index (χ3v) is 5.32. The summed E-state index contributed by atoms with van der Waals surface area (Å²) in [6.45, 7) is 5.98. The topological polar surface area (TPSA) is 70.4 Å². The predicted molar refractivity (Wildman–Crippen MR) is 105 cm³/mol. The van der Waals surface area contributed by atoms with Gasteiger partial charge < -0.3 is 10.4 Å². The van der Waals surface area contributed by atoms with Crippen LogP contribution in [-0.2, 0) is 37.8 Å². The first-order valence-electron chi connectivity index (χ1n) is 9.76. The average Bonchev–Trinajstić information content (AvgIpc) is 2.98. The maximum atomic E-state index is 12.5. The van der Waals surface area contributed by atoms with Gasteiger partial charge in [-0.25, -0.2) is 0 Å². The van der Waals surface area contributed by atoms with Crippen molar-refractivity contribution in [3.05, 3.63) is 52.3 Å². The van der Waals surface area contributed by atoms with Gasteiger partial charge in [0.2, 0.25) is 5.91 Å². The van der Waals surface area contributed by atoms with E-state index < -0.39 is 0 Å². The molecule has 0 spiro atoms. The average molecular weight is 370 g/mol. The monoisotopic (exact) mass is 370 g/mol. The van der Waals surface area contributed by atoms with Gasteiger partial charge in [-0.2, -0.15) is 5.10 Å². The minimum Gasteiger partial charge on any atom is -0.390 e. The maximum Gasteiger partial charge on any atom is 0.234 e. The summed E-state index contributed by atoms with van der Waals surface area (Å²) in [5, 5.41) is 17.0. The van der Waals surface area contributed by atoms with Crippen molar-refractivity contribution in [1.29, 1.82) is 0 Å². The molecule has 0 unspecified atom stereocenters. The van der Waals surface area contributed by atoms with Crippen LogP contribution < -0.4 is 5.32 Å². The Morgan fingerprint density at radius 1 is 1.33 bits per heavy atom. The molecule has 6 nitrogen and oxygen atoms in total. The van der Waals surface area contributed by atoms with E-state index in [0.29, 0.717) is 13.1 Å². The fourth-order valence-electron chi connectivity index (χ4n) is 3.82. The number of hydrogen-bond donors (Lipinski definition) is 2. The van der Waals surface area contributed by atoms with Gasteiger partial charge in [0, 0.05) is 37.8 Å². The molecule has 1 aromatic carbocycles. The second kappa shape index (κ2) is 8.67. The zero-order valence-corrected chi connectivity index (χ0v) is 16.5. The minimum absolute atomic E-state index is 0.0140.